The summed E-state index contributed by atoms with van der Waals surface area (Å²) in [5.41, 5.74) is -1.28. The van der Waals surface area contributed by atoms with Gasteiger partial charge in [-0.25, -0.2) is 0 Å². The number of halogens is 3. The monoisotopic (exact) mass is 341 g/mol. The van der Waals surface area contributed by atoms with Crippen LogP contribution in [0.2, 0.25) is 0 Å². The number of amides is 1. The summed E-state index contributed by atoms with van der Waals surface area (Å²) in [6.07, 6.45) is -4.40. The summed E-state index contributed by atoms with van der Waals surface area (Å²) in [6, 6.07) is 6.59. The standard InChI is InChI=1S/C17H22F3N3O/c1-11(2)16(4,10-21)23-15(24)9-22-12(3)13-6-5-7-14(8-13)17(18,19)20/h5-8,11-12,22H,9H2,1-4H3,(H,23,24)/t12-,16-/m1/s1. The molecule has 132 valence electrons. The van der Waals surface area contributed by atoms with Gasteiger partial charge in [0.1, 0.15) is 5.54 Å². The second-order valence-corrected chi connectivity index (χ2v) is 6.24. The molecule has 0 bridgehead atoms. The Morgan fingerprint density at radius 2 is 1.92 bits per heavy atom. The van der Waals surface area contributed by atoms with E-state index in [0.717, 1.165) is 12.1 Å². The van der Waals surface area contributed by atoms with Crippen LogP contribution in [-0.4, -0.2) is 18.0 Å². The van der Waals surface area contributed by atoms with Gasteiger partial charge in [-0.2, -0.15) is 18.4 Å². The zero-order chi connectivity index (χ0) is 18.5. The molecule has 4 nitrogen and oxygen atoms in total. The largest absolute Gasteiger partial charge is 0.416 e. The third-order valence-corrected chi connectivity index (χ3v) is 4.07. The molecule has 0 aliphatic carbocycles. The number of hydrogen-bond acceptors (Lipinski definition) is 3. The van der Waals surface area contributed by atoms with Crippen LogP contribution in [0, 0.1) is 17.2 Å². The molecular formula is C17H22F3N3O. The van der Waals surface area contributed by atoms with Crippen molar-refractivity contribution in [2.75, 3.05) is 6.54 Å². The van der Waals surface area contributed by atoms with E-state index in [2.05, 4.69) is 16.7 Å². The quantitative estimate of drug-likeness (QED) is 0.833. The summed E-state index contributed by atoms with van der Waals surface area (Å²) >= 11 is 0. The number of nitriles is 1. The van der Waals surface area contributed by atoms with Crippen molar-refractivity contribution in [3.05, 3.63) is 35.4 Å². The summed E-state index contributed by atoms with van der Waals surface area (Å²) in [5.74, 6) is -0.459. The van der Waals surface area contributed by atoms with E-state index in [9.17, 15) is 23.2 Å². The third kappa shape index (κ3) is 5.24. The average molecular weight is 341 g/mol. The van der Waals surface area contributed by atoms with E-state index in [0.29, 0.717) is 5.56 Å². The highest BCUT2D eigenvalue weighted by Gasteiger charge is 2.31. The number of hydrogen-bond donors (Lipinski definition) is 2. The lowest BCUT2D eigenvalue weighted by atomic mass is 9.90. The Kier molecular flexibility index (Phi) is 6.38. The van der Waals surface area contributed by atoms with E-state index in [1.54, 1.807) is 19.9 Å². The Bertz CT molecular complexity index is 622. The first kappa shape index (κ1) is 20.0. The first-order valence-electron chi connectivity index (χ1n) is 7.62. The first-order valence-corrected chi connectivity index (χ1v) is 7.62. The fourth-order valence-electron chi connectivity index (χ4n) is 1.98. The number of carbonyl (C=O) groups is 1. The van der Waals surface area contributed by atoms with E-state index in [4.69, 9.17) is 0 Å². The highest BCUT2D eigenvalue weighted by molar-refractivity contribution is 5.79. The summed E-state index contributed by atoms with van der Waals surface area (Å²) < 4.78 is 38.2. The lowest BCUT2D eigenvalue weighted by Gasteiger charge is -2.27. The van der Waals surface area contributed by atoms with Crippen molar-refractivity contribution in [2.45, 2.75) is 45.5 Å². The Morgan fingerprint density at radius 3 is 2.42 bits per heavy atom. The molecule has 2 atom stereocenters. The Morgan fingerprint density at radius 1 is 1.29 bits per heavy atom. The molecule has 0 aromatic heterocycles. The zero-order valence-electron chi connectivity index (χ0n) is 14.2. The van der Waals surface area contributed by atoms with Crippen LogP contribution in [0.25, 0.3) is 0 Å². The molecule has 1 aromatic rings. The number of rotatable bonds is 6. The highest BCUT2D eigenvalue weighted by atomic mass is 19.4. The van der Waals surface area contributed by atoms with Crippen LogP contribution >= 0.6 is 0 Å². The van der Waals surface area contributed by atoms with Gasteiger partial charge in [0.2, 0.25) is 5.91 Å². The van der Waals surface area contributed by atoms with Gasteiger partial charge in [0.25, 0.3) is 0 Å². The van der Waals surface area contributed by atoms with Crippen LogP contribution in [0.1, 0.15) is 44.9 Å². The molecule has 7 heteroatoms. The van der Waals surface area contributed by atoms with E-state index >= 15 is 0 Å². The number of nitrogens with one attached hydrogen (secondary N) is 2. The third-order valence-electron chi connectivity index (χ3n) is 4.07. The first-order chi connectivity index (χ1) is 11.0. The van der Waals surface area contributed by atoms with Crippen LogP contribution in [0.4, 0.5) is 13.2 Å². The molecule has 0 heterocycles. The van der Waals surface area contributed by atoms with Crippen molar-refractivity contribution in [3.8, 4) is 6.07 Å². The molecule has 0 radical (unpaired) electrons. The highest BCUT2D eigenvalue weighted by Crippen LogP contribution is 2.30. The lowest BCUT2D eigenvalue weighted by molar-refractivity contribution is -0.137. The van der Waals surface area contributed by atoms with Gasteiger partial charge in [-0.1, -0.05) is 26.0 Å². The summed E-state index contributed by atoms with van der Waals surface area (Å²) in [7, 11) is 0. The topological polar surface area (TPSA) is 64.9 Å². The molecule has 24 heavy (non-hydrogen) atoms. The van der Waals surface area contributed by atoms with E-state index in [1.165, 1.54) is 6.07 Å². The van der Waals surface area contributed by atoms with E-state index in [-0.39, 0.29) is 18.4 Å². The maximum Gasteiger partial charge on any atom is 0.416 e. The second kappa shape index (κ2) is 7.67. The van der Waals surface area contributed by atoms with Crippen molar-refractivity contribution in [3.63, 3.8) is 0 Å². The van der Waals surface area contributed by atoms with E-state index < -0.39 is 23.3 Å². The molecule has 0 saturated carbocycles. The fraction of sp³-hybridized carbons (Fsp3) is 0.529. The van der Waals surface area contributed by atoms with Crippen molar-refractivity contribution < 1.29 is 18.0 Å². The molecule has 2 N–H and O–H groups in total. The van der Waals surface area contributed by atoms with Crippen molar-refractivity contribution in [2.24, 2.45) is 5.92 Å². The maximum atomic E-state index is 12.7. The molecule has 0 aliphatic heterocycles. The fourth-order valence-corrected chi connectivity index (χ4v) is 1.98. The summed E-state index contributed by atoms with van der Waals surface area (Å²) in [4.78, 5) is 12.0. The number of benzene rings is 1. The zero-order valence-corrected chi connectivity index (χ0v) is 14.2. The van der Waals surface area contributed by atoms with Crippen molar-refractivity contribution in [1.82, 2.24) is 10.6 Å². The van der Waals surface area contributed by atoms with Crippen molar-refractivity contribution >= 4 is 5.91 Å². The van der Waals surface area contributed by atoms with Crippen molar-refractivity contribution in [1.29, 1.82) is 5.26 Å². The molecule has 1 aromatic carbocycles. The second-order valence-electron chi connectivity index (χ2n) is 6.24. The molecule has 0 fully saturated rings. The number of carbonyl (C=O) groups excluding carboxylic acids is 1. The van der Waals surface area contributed by atoms with Gasteiger partial charge >= 0.3 is 6.18 Å². The van der Waals surface area contributed by atoms with Gasteiger partial charge in [0, 0.05) is 6.04 Å². The van der Waals surface area contributed by atoms with Gasteiger partial charge in [-0.15, -0.1) is 0 Å². The molecule has 1 amide bonds. The van der Waals surface area contributed by atoms with Gasteiger partial charge in [-0.3, -0.25) is 4.79 Å². The van der Waals surface area contributed by atoms with Gasteiger partial charge < -0.3 is 10.6 Å². The van der Waals surface area contributed by atoms with E-state index in [1.807, 2.05) is 13.8 Å². The molecule has 0 unspecified atom stereocenters. The maximum absolute atomic E-state index is 12.7. The predicted molar refractivity (Wildman–Crippen MR) is 84.9 cm³/mol. The van der Waals surface area contributed by atoms with Gasteiger partial charge in [-0.05, 0) is 37.5 Å². The number of nitrogens with zero attached hydrogens (tertiary/aromatic N) is 1. The summed E-state index contributed by atoms with van der Waals surface area (Å²) in [5, 5.41) is 14.7. The predicted octanol–water partition coefficient (Wildman–Crippen LogP) is 3.41. The molecule has 0 aliphatic rings. The normalized spacial score (nSPS) is 15.5. The van der Waals surface area contributed by atoms with Gasteiger partial charge in [0.15, 0.2) is 0 Å². The average Bonchev–Trinajstić information content (AvgIpc) is 2.51. The Balaban J connectivity index is 2.68. The summed E-state index contributed by atoms with van der Waals surface area (Å²) in [6.45, 7) is 6.85. The van der Waals surface area contributed by atoms with Crippen LogP contribution in [0.5, 0.6) is 0 Å². The minimum Gasteiger partial charge on any atom is -0.337 e. The molecular weight excluding hydrogens is 319 g/mol. The number of alkyl halides is 3. The van der Waals surface area contributed by atoms with Gasteiger partial charge in [0.05, 0.1) is 18.2 Å². The molecule has 1 rings (SSSR count). The minimum absolute atomic E-state index is 0.0765. The van der Waals surface area contributed by atoms with Crippen LogP contribution in [-0.2, 0) is 11.0 Å². The van der Waals surface area contributed by atoms with Crippen LogP contribution in [0.3, 0.4) is 0 Å². The molecule has 0 spiro atoms. The Labute approximate surface area is 140 Å². The Hall–Kier alpha value is -2.07. The smallest absolute Gasteiger partial charge is 0.337 e. The van der Waals surface area contributed by atoms with Crippen LogP contribution in [0.15, 0.2) is 24.3 Å². The lowest BCUT2D eigenvalue weighted by Crippen LogP contribution is -2.51. The van der Waals surface area contributed by atoms with Crippen LogP contribution < -0.4 is 10.6 Å². The molecule has 0 saturated heterocycles. The minimum atomic E-state index is -4.40. The SMILES string of the molecule is CC(C)[C@@](C)(C#N)NC(=O)CN[C@H](C)c1cccc(C(F)(F)F)c1.